The number of nitro benzene ring substituents is 1. The molecule has 0 bridgehead atoms. The van der Waals surface area contributed by atoms with E-state index in [1.165, 1.54) is 12.1 Å². The lowest BCUT2D eigenvalue weighted by molar-refractivity contribution is -0.384. The number of pyridine rings is 1. The molecule has 0 aliphatic carbocycles. The van der Waals surface area contributed by atoms with E-state index in [0.717, 1.165) is 55.7 Å². The zero-order valence-electron chi connectivity index (χ0n) is 12.7. The van der Waals surface area contributed by atoms with Gasteiger partial charge in [0.25, 0.3) is 5.69 Å². The van der Waals surface area contributed by atoms with Crippen molar-refractivity contribution in [2.45, 2.75) is 26.2 Å². The summed E-state index contributed by atoms with van der Waals surface area (Å²) < 4.78 is 5.49. The van der Waals surface area contributed by atoms with E-state index in [4.69, 9.17) is 4.74 Å². The number of aromatic nitrogens is 1. The minimum absolute atomic E-state index is 0.0826. The second kappa shape index (κ2) is 8.29. The summed E-state index contributed by atoms with van der Waals surface area (Å²) in [5, 5.41) is 14.7. The summed E-state index contributed by atoms with van der Waals surface area (Å²) >= 11 is 0. The van der Waals surface area contributed by atoms with Crippen LogP contribution in [0.4, 0.5) is 11.5 Å². The van der Waals surface area contributed by atoms with Gasteiger partial charge in [0, 0.05) is 37.3 Å². The molecule has 22 heavy (non-hydrogen) atoms. The van der Waals surface area contributed by atoms with Gasteiger partial charge in [-0.1, -0.05) is 13.3 Å². The van der Waals surface area contributed by atoms with E-state index < -0.39 is 4.92 Å². The Morgan fingerprint density at radius 1 is 1.23 bits per heavy atom. The van der Waals surface area contributed by atoms with Gasteiger partial charge in [0.2, 0.25) is 0 Å². The third kappa shape index (κ3) is 4.66. The molecule has 6 heteroatoms. The molecular weight excluding hydrogens is 282 g/mol. The molecule has 0 amide bonds. The number of hydrogen-bond acceptors (Lipinski definition) is 5. The molecule has 0 radical (unpaired) electrons. The SMILES string of the molecule is CCCCOCCCNc1ccc2cc([N+](=O)[O-])ccc2n1. The zero-order valence-corrected chi connectivity index (χ0v) is 12.7. The lowest BCUT2D eigenvalue weighted by atomic mass is 10.2. The highest BCUT2D eigenvalue weighted by Crippen LogP contribution is 2.20. The van der Waals surface area contributed by atoms with Crippen LogP contribution in [0.1, 0.15) is 26.2 Å². The molecular formula is C16H21N3O3. The first-order chi connectivity index (χ1) is 10.7. The molecule has 1 aromatic carbocycles. The van der Waals surface area contributed by atoms with E-state index in [1.54, 1.807) is 6.07 Å². The highest BCUT2D eigenvalue weighted by molar-refractivity contribution is 5.82. The quantitative estimate of drug-likeness (QED) is 0.433. The minimum Gasteiger partial charge on any atom is -0.381 e. The fraction of sp³-hybridized carbons (Fsp3) is 0.438. The largest absolute Gasteiger partial charge is 0.381 e. The average Bonchev–Trinajstić information content (AvgIpc) is 2.53. The van der Waals surface area contributed by atoms with E-state index in [0.29, 0.717) is 0 Å². The van der Waals surface area contributed by atoms with Gasteiger partial charge in [-0.15, -0.1) is 0 Å². The Balaban J connectivity index is 1.85. The van der Waals surface area contributed by atoms with Gasteiger partial charge >= 0.3 is 0 Å². The molecule has 0 atom stereocenters. The fourth-order valence-corrected chi connectivity index (χ4v) is 2.06. The van der Waals surface area contributed by atoms with E-state index >= 15 is 0 Å². The maximum atomic E-state index is 10.7. The Morgan fingerprint density at radius 3 is 2.82 bits per heavy atom. The van der Waals surface area contributed by atoms with Crippen molar-refractivity contribution in [3.63, 3.8) is 0 Å². The van der Waals surface area contributed by atoms with E-state index in [9.17, 15) is 10.1 Å². The lowest BCUT2D eigenvalue weighted by Gasteiger charge is -2.07. The molecule has 0 fully saturated rings. The van der Waals surface area contributed by atoms with Crippen LogP contribution >= 0.6 is 0 Å². The molecule has 1 heterocycles. The van der Waals surface area contributed by atoms with Gasteiger partial charge in [-0.3, -0.25) is 10.1 Å². The third-order valence-electron chi connectivity index (χ3n) is 3.30. The van der Waals surface area contributed by atoms with Crippen LogP contribution in [0.15, 0.2) is 30.3 Å². The number of non-ortho nitro benzene ring substituents is 1. The number of ether oxygens (including phenoxy) is 1. The van der Waals surface area contributed by atoms with Crippen LogP contribution in [-0.2, 0) is 4.74 Å². The molecule has 2 aromatic rings. The molecule has 0 saturated heterocycles. The molecule has 2 rings (SSSR count). The van der Waals surface area contributed by atoms with Gasteiger partial charge in [-0.2, -0.15) is 0 Å². The summed E-state index contributed by atoms with van der Waals surface area (Å²) in [7, 11) is 0. The van der Waals surface area contributed by atoms with Crippen molar-refractivity contribution in [3.8, 4) is 0 Å². The standard InChI is InChI=1S/C16H21N3O3/c1-2-3-10-22-11-4-9-17-16-8-5-13-12-14(19(20)21)6-7-15(13)18-16/h5-8,12H,2-4,9-11H2,1H3,(H,17,18). The third-order valence-corrected chi connectivity index (χ3v) is 3.30. The van der Waals surface area contributed by atoms with Crippen LogP contribution in [0.5, 0.6) is 0 Å². The van der Waals surface area contributed by atoms with Gasteiger partial charge in [0.05, 0.1) is 10.4 Å². The smallest absolute Gasteiger partial charge is 0.270 e. The maximum Gasteiger partial charge on any atom is 0.270 e. The normalized spacial score (nSPS) is 10.8. The zero-order chi connectivity index (χ0) is 15.8. The second-order valence-corrected chi connectivity index (χ2v) is 5.08. The fourth-order valence-electron chi connectivity index (χ4n) is 2.06. The number of rotatable bonds is 9. The van der Waals surface area contributed by atoms with Crippen molar-refractivity contribution < 1.29 is 9.66 Å². The summed E-state index contributed by atoms with van der Waals surface area (Å²) in [6.45, 7) is 4.50. The number of benzene rings is 1. The molecule has 0 spiro atoms. The second-order valence-electron chi connectivity index (χ2n) is 5.08. The van der Waals surface area contributed by atoms with Crippen molar-refractivity contribution >= 4 is 22.4 Å². The van der Waals surface area contributed by atoms with Crippen molar-refractivity contribution in [3.05, 3.63) is 40.4 Å². The first kappa shape index (κ1) is 16.2. The van der Waals surface area contributed by atoms with E-state index in [2.05, 4.69) is 17.2 Å². The summed E-state index contributed by atoms with van der Waals surface area (Å²) in [6, 6.07) is 8.36. The Morgan fingerprint density at radius 2 is 2.05 bits per heavy atom. The predicted octanol–water partition coefficient (Wildman–Crippen LogP) is 3.76. The molecule has 1 N–H and O–H groups in total. The maximum absolute atomic E-state index is 10.7. The topological polar surface area (TPSA) is 77.3 Å². The van der Waals surface area contributed by atoms with Gasteiger partial charge in [-0.25, -0.2) is 4.98 Å². The summed E-state index contributed by atoms with van der Waals surface area (Å²) in [5.74, 6) is 0.773. The molecule has 0 saturated carbocycles. The Kier molecular flexibility index (Phi) is 6.09. The number of nitrogens with zero attached hydrogens (tertiary/aromatic N) is 2. The highest BCUT2D eigenvalue weighted by Gasteiger charge is 2.06. The monoisotopic (exact) mass is 303 g/mol. The molecule has 0 aliphatic heterocycles. The van der Waals surface area contributed by atoms with Crippen molar-refractivity contribution in [1.82, 2.24) is 4.98 Å². The first-order valence-electron chi connectivity index (χ1n) is 7.57. The molecule has 118 valence electrons. The Labute approximate surface area is 129 Å². The van der Waals surface area contributed by atoms with Gasteiger partial charge < -0.3 is 10.1 Å². The lowest BCUT2D eigenvalue weighted by Crippen LogP contribution is -2.07. The average molecular weight is 303 g/mol. The number of nitro groups is 1. The van der Waals surface area contributed by atoms with Crippen LogP contribution in [0.3, 0.4) is 0 Å². The van der Waals surface area contributed by atoms with Gasteiger partial charge in [-0.05, 0) is 31.0 Å². The number of fused-ring (bicyclic) bond motifs is 1. The van der Waals surface area contributed by atoms with Gasteiger partial charge in [0.15, 0.2) is 0 Å². The number of nitrogens with one attached hydrogen (secondary N) is 1. The molecule has 1 aromatic heterocycles. The molecule has 0 unspecified atom stereocenters. The predicted molar refractivity (Wildman–Crippen MR) is 87.2 cm³/mol. The molecule has 0 aliphatic rings. The summed E-state index contributed by atoms with van der Waals surface area (Å²) in [5.41, 5.74) is 0.828. The van der Waals surface area contributed by atoms with Crippen LogP contribution < -0.4 is 5.32 Å². The van der Waals surface area contributed by atoms with Gasteiger partial charge in [0.1, 0.15) is 5.82 Å². The summed E-state index contributed by atoms with van der Waals surface area (Å²) in [4.78, 5) is 14.8. The van der Waals surface area contributed by atoms with Crippen LogP contribution in [0.2, 0.25) is 0 Å². The number of hydrogen-bond donors (Lipinski definition) is 1. The van der Waals surface area contributed by atoms with E-state index in [-0.39, 0.29) is 5.69 Å². The minimum atomic E-state index is -0.399. The van der Waals surface area contributed by atoms with Crippen molar-refractivity contribution in [2.24, 2.45) is 0 Å². The van der Waals surface area contributed by atoms with Crippen LogP contribution in [0.25, 0.3) is 10.9 Å². The Bertz CT molecular complexity index is 631. The summed E-state index contributed by atoms with van der Waals surface area (Å²) in [6.07, 6.45) is 3.17. The highest BCUT2D eigenvalue weighted by atomic mass is 16.6. The first-order valence-corrected chi connectivity index (χ1v) is 7.57. The Hall–Kier alpha value is -2.21. The number of anilines is 1. The van der Waals surface area contributed by atoms with Crippen molar-refractivity contribution in [1.29, 1.82) is 0 Å². The molecule has 6 nitrogen and oxygen atoms in total. The van der Waals surface area contributed by atoms with E-state index in [1.807, 2.05) is 12.1 Å². The van der Waals surface area contributed by atoms with Crippen molar-refractivity contribution in [2.75, 3.05) is 25.1 Å². The van der Waals surface area contributed by atoms with Crippen LogP contribution in [0, 0.1) is 10.1 Å². The van der Waals surface area contributed by atoms with Crippen LogP contribution in [-0.4, -0.2) is 29.7 Å². The number of unbranched alkanes of at least 4 members (excludes halogenated alkanes) is 1.